The Kier molecular flexibility index (Phi) is 5.65. The van der Waals surface area contributed by atoms with Crippen LogP contribution < -0.4 is 5.32 Å². The fourth-order valence-corrected chi connectivity index (χ4v) is 3.88. The molecule has 140 valence electrons. The summed E-state index contributed by atoms with van der Waals surface area (Å²) in [6, 6.07) is 25.2. The summed E-state index contributed by atoms with van der Waals surface area (Å²) in [6.07, 6.45) is 0. The van der Waals surface area contributed by atoms with Gasteiger partial charge in [0, 0.05) is 5.02 Å². The van der Waals surface area contributed by atoms with E-state index in [2.05, 4.69) is 15.3 Å². The zero-order valence-electron chi connectivity index (χ0n) is 14.9. The summed E-state index contributed by atoms with van der Waals surface area (Å²) in [4.78, 5) is 20.3. The smallest absolute Gasteiger partial charge is 0.231 e. The van der Waals surface area contributed by atoms with Gasteiger partial charge in [-0.3, -0.25) is 4.79 Å². The van der Waals surface area contributed by atoms with Crippen molar-refractivity contribution in [1.82, 2.24) is 15.3 Å². The van der Waals surface area contributed by atoms with Crippen LogP contribution in [0.3, 0.4) is 0 Å². The summed E-state index contributed by atoms with van der Waals surface area (Å²) in [5.41, 5.74) is 3.79. The fraction of sp³-hybridized carbons (Fsp3) is 0.0909. The minimum absolute atomic E-state index is 0.0544. The van der Waals surface area contributed by atoms with Crippen molar-refractivity contribution in [1.29, 1.82) is 0 Å². The normalized spacial score (nSPS) is 11.1. The van der Waals surface area contributed by atoms with E-state index in [0.29, 0.717) is 10.2 Å². The van der Waals surface area contributed by atoms with Crippen LogP contribution in [-0.4, -0.2) is 21.6 Å². The number of aromatic nitrogens is 2. The molecule has 0 saturated carbocycles. The zero-order valence-corrected chi connectivity index (χ0v) is 16.5. The fourth-order valence-electron chi connectivity index (χ4n) is 3.01. The van der Waals surface area contributed by atoms with E-state index in [1.54, 1.807) is 6.07 Å². The zero-order chi connectivity index (χ0) is 19.3. The first kappa shape index (κ1) is 18.6. The number of thioether (sulfide) groups is 1. The molecule has 1 amide bonds. The number of aromatic amines is 1. The van der Waals surface area contributed by atoms with Crippen LogP contribution in [0.4, 0.5) is 0 Å². The number of halogens is 1. The summed E-state index contributed by atoms with van der Waals surface area (Å²) in [5.74, 6) is 0.213. The first-order valence-electron chi connectivity index (χ1n) is 8.86. The van der Waals surface area contributed by atoms with Gasteiger partial charge in [0.25, 0.3) is 0 Å². The molecule has 0 saturated heterocycles. The maximum Gasteiger partial charge on any atom is 0.231 e. The molecule has 3 aromatic carbocycles. The number of benzene rings is 3. The van der Waals surface area contributed by atoms with Crippen LogP contribution >= 0.6 is 23.4 Å². The Morgan fingerprint density at radius 3 is 2.29 bits per heavy atom. The Morgan fingerprint density at radius 2 is 1.64 bits per heavy atom. The molecular weight excluding hydrogens is 390 g/mol. The first-order chi connectivity index (χ1) is 13.7. The van der Waals surface area contributed by atoms with Crippen molar-refractivity contribution in [2.75, 3.05) is 5.75 Å². The minimum Gasteiger partial charge on any atom is -0.344 e. The third-order valence-electron chi connectivity index (χ3n) is 4.33. The number of nitrogens with zero attached hydrogens (tertiary/aromatic N) is 1. The summed E-state index contributed by atoms with van der Waals surface area (Å²) in [5, 5.41) is 4.49. The molecule has 2 N–H and O–H groups in total. The lowest BCUT2D eigenvalue weighted by atomic mass is 9.99. The quantitative estimate of drug-likeness (QED) is 0.431. The van der Waals surface area contributed by atoms with E-state index in [0.717, 1.165) is 22.2 Å². The number of nitrogens with one attached hydrogen (secondary N) is 2. The Hall–Kier alpha value is -2.76. The van der Waals surface area contributed by atoms with E-state index in [9.17, 15) is 4.79 Å². The Morgan fingerprint density at radius 1 is 1.00 bits per heavy atom. The average molecular weight is 408 g/mol. The Balaban J connectivity index is 1.46. The lowest BCUT2D eigenvalue weighted by Gasteiger charge is -2.19. The predicted molar refractivity (Wildman–Crippen MR) is 115 cm³/mol. The molecule has 0 atom stereocenters. The highest BCUT2D eigenvalue weighted by atomic mass is 35.5. The van der Waals surface area contributed by atoms with E-state index >= 15 is 0 Å². The van der Waals surface area contributed by atoms with Crippen molar-refractivity contribution in [3.05, 3.63) is 95.0 Å². The van der Waals surface area contributed by atoms with Gasteiger partial charge in [-0.1, -0.05) is 84.0 Å². The van der Waals surface area contributed by atoms with Gasteiger partial charge in [-0.2, -0.15) is 0 Å². The number of amides is 1. The lowest BCUT2D eigenvalue weighted by Crippen LogP contribution is -2.30. The SMILES string of the molecule is O=C(CSc1nc2ccc(Cl)cc2[nH]1)NC(c1ccccc1)c1ccccc1. The number of carbonyl (C=O) groups is 1. The molecule has 0 aliphatic carbocycles. The molecule has 1 heterocycles. The third kappa shape index (κ3) is 4.38. The van der Waals surface area contributed by atoms with Crippen LogP contribution in [0.25, 0.3) is 11.0 Å². The lowest BCUT2D eigenvalue weighted by molar-refractivity contribution is -0.119. The number of rotatable bonds is 6. The summed E-state index contributed by atoms with van der Waals surface area (Å²) in [6.45, 7) is 0. The largest absolute Gasteiger partial charge is 0.344 e. The van der Waals surface area contributed by atoms with Crippen LogP contribution in [0.2, 0.25) is 5.02 Å². The van der Waals surface area contributed by atoms with Crippen molar-refractivity contribution in [2.45, 2.75) is 11.2 Å². The molecule has 4 aromatic rings. The van der Waals surface area contributed by atoms with Gasteiger partial charge in [0.1, 0.15) is 0 Å². The highest BCUT2D eigenvalue weighted by Gasteiger charge is 2.17. The topological polar surface area (TPSA) is 57.8 Å². The molecule has 6 heteroatoms. The van der Waals surface area contributed by atoms with Gasteiger partial charge >= 0.3 is 0 Å². The highest BCUT2D eigenvalue weighted by Crippen LogP contribution is 2.24. The third-order valence-corrected chi connectivity index (χ3v) is 5.44. The molecule has 1 aromatic heterocycles. The van der Waals surface area contributed by atoms with Gasteiger partial charge in [-0.25, -0.2) is 4.98 Å². The number of imidazole rings is 1. The second-order valence-electron chi connectivity index (χ2n) is 6.31. The predicted octanol–water partition coefficient (Wildman–Crippen LogP) is 5.21. The molecule has 28 heavy (non-hydrogen) atoms. The summed E-state index contributed by atoms with van der Waals surface area (Å²) < 4.78 is 0. The van der Waals surface area contributed by atoms with Crippen molar-refractivity contribution in [2.24, 2.45) is 0 Å². The number of hydrogen-bond acceptors (Lipinski definition) is 3. The molecule has 0 spiro atoms. The van der Waals surface area contributed by atoms with E-state index in [4.69, 9.17) is 11.6 Å². The number of hydrogen-bond donors (Lipinski definition) is 2. The van der Waals surface area contributed by atoms with Crippen molar-refractivity contribution in [3.8, 4) is 0 Å². The van der Waals surface area contributed by atoms with Crippen LogP contribution in [-0.2, 0) is 4.79 Å². The van der Waals surface area contributed by atoms with E-state index in [1.807, 2.05) is 72.8 Å². The molecule has 0 fully saturated rings. The van der Waals surface area contributed by atoms with Crippen LogP contribution in [0.5, 0.6) is 0 Å². The monoisotopic (exact) mass is 407 g/mol. The Bertz CT molecular complexity index is 1040. The van der Waals surface area contributed by atoms with Gasteiger partial charge in [-0.15, -0.1) is 0 Å². The summed E-state index contributed by atoms with van der Waals surface area (Å²) >= 11 is 7.38. The second kappa shape index (κ2) is 8.50. The van der Waals surface area contributed by atoms with Crippen molar-refractivity contribution < 1.29 is 4.79 Å². The molecule has 0 bridgehead atoms. The maximum absolute atomic E-state index is 12.6. The van der Waals surface area contributed by atoms with Gasteiger partial charge in [0.15, 0.2) is 5.16 Å². The molecule has 0 radical (unpaired) electrons. The van der Waals surface area contributed by atoms with Crippen LogP contribution in [0, 0.1) is 0 Å². The second-order valence-corrected chi connectivity index (χ2v) is 7.71. The first-order valence-corrected chi connectivity index (χ1v) is 10.2. The molecule has 4 rings (SSSR count). The molecule has 0 unspecified atom stereocenters. The number of carbonyl (C=O) groups excluding carboxylic acids is 1. The van der Waals surface area contributed by atoms with Gasteiger partial charge in [-0.05, 0) is 29.3 Å². The van der Waals surface area contributed by atoms with Gasteiger partial charge < -0.3 is 10.3 Å². The van der Waals surface area contributed by atoms with E-state index in [-0.39, 0.29) is 17.7 Å². The molecule has 0 aliphatic heterocycles. The van der Waals surface area contributed by atoms with E-state index in [1.165, 1.54) is 11.8 Å². The van der Waals surface area contributed by atoms with E-state index < -0.39 is 0 Å². The van der Waals surface area contributed by atoms with Gasteiger partial charge in [0.05, 0.1) is 22.8 Å². The number of H-pyrrole nitrogens is 1. The summed E-state index contributed by atoms with van der Waals surface area (Å²) in [7, 11) is 0. The minimum atomic E-state index is -0.190. The van der Waals surface area contributed by atoms with Crippen molar-refractivity contribution in [3.63, 3.8) is 0 Å². The molecule has 0 aliphatic rings. The number of fused-ring (bicyclic) bond motifs is 1. The standard InChI is InChI=1S/C22H18ClN3OS/c23-17-11-12-18-19(13-17)25-22(24-18)28-14-20(27)26-21(15-7-3-1-4-8-15)16-9-5-2-6-10-16/h1-13,21H,14H2,(H,24,25)(H,26,27). The maximum atomic E-state index is 12.6. The molecule has 4 nitrogen and oxygen atoms in total. The van der Waals surface area contributed by atoms with Crippen molar-refractivity contribution >= 4 is 40.3 Å². The highest BCUT2D eigenvalue weighted by molar-refractivity contribution is 7.99. The Labute approximate surface area is 172 Å². The van der Waals surface area contributed by atoms with Crippen LogP contribution in [0.1, 0.15) is 17.2 Å². The average Bonchev–Trinajstić information content (AvgIpc) is 3.14. The van der Waals surface area contributed by atoms with Gasteiger partial charge in [0.2, 0.25) is 5.91 Å². The molecular formula is C22H18ClN3OS. The van der Waals surface area contributed by atoms with Crippen LogP contribution in [0.15, 0.2) is 84.0 Å².